The summed E-state index contributed by atoms with van der Waals surface area (Å²) in [4.78, 5) is 13.9. The molecular weight excluding hydrogens is 341 g/mol. The molecule has 2 aromatic carbocycles. The first-order valence-electron chi connectivity index (χ1n) is 9.53. The molecule has 2 N–H and O–H groups in total. The van der Waals surface area contributed by atoms with Gasteiger partial charge in [-0.25, -0.2) is 4.39 Å². The molecule has 1 aliphatic rings. The minimum atomic E-state index is -0.246. The predicted octanol–water partition coefficient (Wildman–Crippen LogP) is 3.05. The third-order valence-electron chi connectivity index (χ3n) is 5.24. The molecule has 2 aromatic rings. The Bertz CT molecular complexity index is 807. The van der Waals surface area contributed by atoms with Gasteiger partial charge in [0.1, 0.15) is 18.4 Å². The van der Waals surface area contributed by atoms with Crippen LogP contribution in [0, 0.1) is 17.1 Å². The molecule has 0 aliphatic heterocycles. The number of quaternary nitrogens is 1. The lowest BCUT2D eigenvalue weighted by molar-refractivity contribution is -0.932. The van der Waals surface area contributed by atoms with Crippen LogP contribution >= 0.6 is 0 Å². The number of rotatable bonds is 6. The largest absolute Gasteiger partial charge is 0.321 e. The standard InChI is InChI=1S/C22H24FN3O/c23-19-12-10-17(11-13-19)15-26(20-7-2-1-3-8-20)16-22(27)25-21-9-5-4-6-18(21)14-24/h4-6,9-13,20H,1-3,7-8,15-16H2,(H,25,27)/p+1. The molecule has 0 radical (unpaired) electrons. The van der Waals surface area contributed by atoms with Crippen LogP contribution in [0.25, 0.3) is 0 Å². The minimum Gasteiger partial charge on any atom is -0.321 e. The molecule has 3 rings (SSSR count). The third-order valence-corrected chi connectivity index (χ3v) is 5.24. The summed E-state index contributed by atoms with van der Waals surface area (Å²) in [7, 11) is 0. The van der Waals surface area contributed by atoms with Crippen LogP contribution in [0.15, 0.2) is 48.5 Å². The Balaban J connectivity index is 1.71. The topological polar surface area (TPSA) is 57.3 Å². The Kier molecular flexibility index (Phi) is 6.56. The summed E-state index contributed by atoms with van der Waals surface area (Å²) < 4.78 is 13.2. The quantitative estimate of drug-likeness (QED) is 0.826. The fraction of sp³-hybridized carbons (Fsp3) is 0.364. The van der Waals surface area contributed by atoms with E-state index in [1.54, 1.807) is 36.4 Å². The van der Waals surface area contributed by atoms with Crippen molar-refractivity contribution in [2.24, 2.45) is 0 Å². The zero-order valence-electron chi connectivity index (χ0n) is 15.4. The number of hydrogen-bond acceptors (Lipinski definition) is 2. The Morgan fingerprint density at radius 2 is 1.81 bits per heavy atom. The van der Waals surface area contributed by atoms with E-state index in [1.807, 2.05) is 0 Å². The zero-order chi connectivity index (χ0) is 19.1. The number of nitrogens with one attached hydrogen (secondary N) is 2. The summed E-state index contributed by atoms with van der Waals surface area (Å²) in [6, 6.07) is 16.1. The van der Waals surface area contributed by atoms with E-state index >= 15 is 0 Å². The molecule has 0 bridgehead atoms. The van der Waals surface area contributed by atoms with Crippen molar-refractivity contribution in [1.82, 2.24) is 0 Å². The van der Waals surface area contributed by atoms with Crippen molar-refractivity contribution >= 4 is 11.6 Å². The third kappa shape index (κ3) is 5.38. The Labute approximate surface area is 159 Å². The predicted molar refractivity (Wildman–Crippen MR) is 103 cm³/mol. The molecule has 1 atom stereocenters. The van der Waals surface area contributed by atoms with Crippen LogP contribution in [0.3, 0.4) is 0 Å². The average Bonchev–Trinajstić information content (AvgIpc) is 2.70. The van der Waals surface area contributed by atoms with E-state index in [0.29, 0.717) is 30.4 Å². The number of carbonyl (C=O) groups excluding carboxylic acids is 1. The van der Waals surface area contributed by atoms with Crippen LogP contribution in [0.1, 0.15) is 43.2 Å². The van der Waals surface area contributed by atoms with Gasteiger partial charge in [0.2, 0.25) is 0 Å². The van der Waals surface area contributed by atoms with Gasteiger partial charge in [0.25, 0.3) is 5.91 Å². The van der Waals surface area contributed by atoms with Crippen molar-refractivity contribution < 1.29 is 14.1 Å². The lowest BCUT2D eigenvalue weighted by Gasteiger charge is -2.31. The van der Waals surface area contributed by atoms with Crippen LogP contribution in [0.4, 0.5) is 10.1 Å². The number of carbonyl (C=O) groups is 1. The highest BCUT2D eigenvalue weighted by atomic mass is 19.1. The van der Waals surface area contributed by atoms with Crippen LogP contribution in [-0.2, 0) is 11.3 Å². The van der Waals surface area contributed by atoms with Gasteiger partial charge in [-0.15, -0.1) is 0 Å². The molecule has 27 heavy (non-hydrogen) atoms. The van der Waals surface area contributed by atoms with Crippen LogP contribution in [0.5, 0.6) is 0 Å². The van der Waals surface area contributed by atoms with Crippen LogP contribution in [0.2, 0.25) is 0 Å². The molecule has 5 heteroatoms. The number of nitrogens with zero attached hydrogens (tertiary/aromatic N) is 1. The van der Waals surface area contributed by atoms with Gasteiger partial charge in [0.15, 0.2) is 6.54 Å². The second kappa shape index (κ2) is 9.29. The molecule has 0 heterocycles. The maximum absolute atomic E-state index is 13.2. The normalized spacial score (nSPS) is 15.7. The molecule has 1 saturated carbocycles. The minimum absolute atomic E-state index is 0.0969. The van der Waals surface area contributed by atoms with Crippen LogP contribution in [-0.4, -0.2) is 18.5 Å². The van der Waals surface area contributed by atoms with Crippen LogP contribution < -0.4 is 10.2 Å². The highest BCUT2D eigenvalue weighted by Gasteiger charge is 2.27. The molecule has 1 aliphatic carbocycles. The van der Waals surface area contributed by atoms with Crippen molar-refractivity contribution in [2.75, 3.05) is 11.9 Å². The van der Waals surface area contributed by atoms with E-state index in [4.69, 9.17) is 0 Å². The van der Waals surface area contributed by atoms with Crippen molar-refractivity contribution in [1.29, 1.82) is 5.26 Å². The lowest BCUT2D eigenvalue weighted by Crippen LogP contribution is -3.15. The van der Waals surface area contributed by atoms with Gasteiger partial charge in [-0.3, -0.25) is 4.79 Å². The lowest BCUT2D eigenvalue weighted by atomic mass is 9.93. The van der Waals surface area contributed by atoms with Gasteiger partial charge in [-0.2, -0.15) is 5.26 Å². The average molecular weight is 366 g/mol. The van der Waals surface area contributed by atoms with Crippen molar-refractivity contribution in [3.8, 4) is 6.07 Å². The van der Waals surface area contributed by atoms with Gasteiger partial charge < -0.3 is 10.2 Å². The van der Waals surface area contributed by atoms with Crippen molar-refractivity contribution in [3.05, 3.63) is 65.5 Å². The van der Waals surface area contributed by atoms with Gasteiger partial charge >= 0.3 is 0 Å². The Morgan fingerprint density at radius 1 is 1.11 bits per heavy atom. The summed E-state index contributed by atoms with van der Waals surface area (Å²) in [5, 5.41) is 12.1. The Morgan fingerprint density at radius 3 is 2.52 bits per heavy atom. The van der Waals surface area contributed by atoms with E-state index in [1.165, 1.54) is 36.3 Å². The molecule has 1 fully saturated rings. The second-order valence-electron chi connectivity index (χ2n) is 7.18. The Hall–Kier alpha value is -2.71. The number of benzene rings is 2. The molecule has 1 unspecified atom stereocenters. The first-order valence-corrected chi connectivity index (χ1v) is 9.53. The second-order valence-corrected chi connectivity index (χ2v) is 7.18. The smallest absolute Gasteiger partial charge is 0.279 e. The molecular formula is C22H25FN3O+. The van der Waals surface area contributed by atoms with E-state index in [2.05, 4.69) is 11.4 Å². The monoisotopic (exact) mass is 366 g/mol. The molecule has 0 saturated heterocycles. The van der Waals surface area contributed by atoms with Gasteiger partial charge in [0.05, 0.1) is 17.3 Å². The van der Waals surface area contributed by atoms with E-state index in [9.17, 15) is 14.4 Å². The number of para-hydroxylation sites is 1. The summed E-state index contributed by atoms with van der Waals surface area (Å²) in [5.41, 5.74) is 2.04. The number of anilines is 1. The summed E-state index contributed by atoms with van der Waals surface area (Å²) in [6.45, 7) is 1.03. The van der Waals surface area contributed by atoms with Crippen molar-refractivity contribution in [3.63, 3.8) is 0 Å². The van der Waals surface area contributed by atoms with Gasteiger partial charge in [0, 0.05) is 5.56 Å². The summed E-state index contributed by atoms with van der Waals surface area (Å²) in [5.74, 6) is -0.343. The fourth-order valence-corrected chi connectivity index (χ4v) is 3.82. The molecule has 0 spiro atoms. The van der Waals surface area contributed by atoms with Gasteiger partial charge in [-0.1, -0.05) is 30.7 Å². The zero-order valence-corrected chi connectivity index (χ0v) is 15.4. The first-order chi connectivity index (χ1) is 13.2. The summed E-state index contributed by atoms with van der Waals surface area (Å²) >= 11 is 0. The molecule has 1 amide bonds. The highest BCUT2D eigenvalue weighted by Crippen LogP contribution is 2.16. The van der Waals surface area contributed by atoms with E-state index < -0.39 is 0 Å². The van der Waals surface area contributed by atoms with E-state index in [-0.39, 0.29) is 11.7 Å². The summed E-state index contributed by atoms with van der Waals surface area (Å²) in [6.07, 6.45) is 5.85. The maximum Gasteiger partial charge on any atom is 0.279 e. The number of amides is 1. The molecule has 140 valence electrons. The number of halogens is 1. The fourth-order valence-electron chi connectivity index (χ4n) is 3.82. The first kappa shape index (κ1) is 19.1. The maximum atomic E-state index is 13.2. The SMILES string of the molecule is N#Cc1ccccc1NC(=O)C[NH+](Cc1ccc(F)cc1)C1CCCCC1. The van der Waals surface area contributed by atoms with Gasteiger partial charge in [-0.05, 0) is 49.9 Å². The number of hydrogen-bond donors (Lipinski definition) is 2. The highest BCUT2D eigenvalue weighted by molar-refractivity contribution is 5.92. The van der Waals surface area contributed by atoms with Crippen molar-refractivity contribution in [2.45, 2.75) is 44.7 Å². The van der Waals surface area contributed by atoms with E-state index in [0.717, 1.165) is 18.4 Å². The number of nitriles is 1. The molecule has 4 nitrogen and oxygen atoms in total. The molecule has 0 aromatic heterocycles.